The predicted octanol–water partition coefficient (Wildman–Crippen LogP) is 5.87. The lowest BCUT2D eigenvalue weighted by Crippen LogP contribution is -2.18. The number of fused-ring (bicyclic) bond motifs is 1. The van der Waals surface area contributed by atoms with Crippen LogP contribution >= 0.6 is 0 Å². The standard InChI is InChI=1S/C26H23N3O/c27-16-21-12-15-23(26(21)29-18-28-24-8-4-5-9-25(24)29)20-10-13-22(14-11-20)30-17-19-6-2-1-3-7-19/h1-11,13-14,18,21,23,26H,12,15,17H2. The number of imidazole rings is 1. The number of aromatic nitrogens is 2. The first-order chi connectivity index (χ1) is 14.8. The van der Waals surface area contributed by atoms with E-state index in [1.165, 1.54) is 5.56 Å². The van der Waals surface area contributed by atoms with E-state index in [9.17, 15) is 5.26 Å². The highest BCUT2D eigenvalue weighted by Crippen LogP contribution is 2.47. The fraction of sp³-hybridized carbons (Fsp3) is 0.231. The number of ether oxygens (including phenoxy) is 1. The van der Waals surface area contributed by atoms with Gasteiger partial charge in [-0.3, -0.25) is 0 Å². The molecular formula is C26H23N3O. The number of rotatable bonds is 5. The molecule has 0 radical (unpaired) electrons. The Bertz CT molecular complexity index is 1170. The summed E-state index contributed by atoms with van der Waals surface area (Å²) in [5.74, 6) is 1.14. The first-order valence-electron chi connectivity index (χ1n) is 10.4. The van der Waals surface area contributed by atoms with E-state index < -0.39 is 0 Å². The first-order valence-corrected chi connectivity index (χ1v) is 10.4. The molecule has 0 bridgehead atoms. The molecule has 148 valence electrons. The smallest absolute Gasteiger partial charge is 0.119 e. The van der Waals surface area contributed by atoms with Crippen molar-refractivity contribution in [2.24, 2.45) is 5.92 Å². The van der Waals surface area contributed by atoms with Crippen LogP contribution in [0.3, 0.4) is 0 Å². The van der Waals surface area contributed by atoms with Crippen LogP contribution in [-0.2, 0) is 6.61 Å². The summed E-state index contributed by atoms with van der Waals surface area (Å²) in [5.41, 5.74) is 4.48. The van der Waals surface area contributed by atoms with Gasteiger partial charge in [-0.1, -0.05) is 54.6 Å². The Balaban J connectivity index is 1.39. The Kier molecular flexibility index (Phi) is 4.94. The van der Waals surface area contributed by atoms with Gasteiger partial charge in [0.25, 0.3) is 0 Å². The molecule has 1 aromatic heterocycles. The molecule has 0 N–H and O–H groups in total. The highest BCUT2D eigenvalue weighted by atomic mass is 16.5. The molecule has 4 aromatic rings. The molecule has 0 saturated heterocycles. The van der Waals surface area contributed by atoms with Crippen molar-refractivity contribution in [1.82, 2.24) is 9.55 Å². The minimum atomic E-state index is -0.0124. The van der Waals surface area contributed by atoms with Crippen LogP contribution in [0.1, 0.15) is 35.9 Å². The van der Waals surface area contributed by atoms with Gasteiger partial charge in [-0.2, -0.15) is 5.26 Å². The van der Waals surface area contributed by atoms with Gasteiger partial charge in [0, 0.05) is 5.92 Å². The van der Waals surface area contributed by atoms with Crippen LogP contribution in [0.5, 0.6) is 5.75 Å². The lowest BCUT2D eigenvalue weighted by molar-refractivity contribution is 0.306. The molecule has 3 atom stereocenters. The van der Waals surface area contributed by atoms with E-state index in [4.69, 9.17) is 4.74 Å². The first kappa shape index (κ1) is 18.4. The normalized spacial score (nSPS) is 20.8. The van der Waals surface area contributed by atoms with Gasteiger partial charge >= 0.3 is 0 Å². The molecule has 5 rings (SSSR count). The van der Waals surface area contributed by atoms with E-state index in [-0.39, 0.29) is 17.9 Å². The van der Waals surface area contributed by atoms with Crippen molar-refractivity contribution in [3.63, 3.8) is 0 Å². The Hall–Kier alpha value is -3.58. The average Bonchev–Trinajstić information content (AvgIpc) is 3.42. The van der Waals surface area contributed by atoms with Gasteiger partial charge < -0.3 is 9.30 Å². The largest absolute Gasteiger partial charge is 0.489 e. The van der Waals surface area contributed by atoms with Crippen LogP contribution in [0.4, 0.5) is 0 Å². The van der Waals surface area contributed by atoms with Crippen LogP contribution in [0.25, 0.3) is 11.0 Å². The molecule has 4 nitrogen and oxygen atoms in total. The van der Waals surface area contributed by atoms with Gasteiger partial charge in [-0.15, -0.1) is 0 Å². The quantitative estimate of drug-likeness (QED) is 0.426. The second-order valence-electron chi connectivity index (χ2n) is 7.89. The summed E-state index contributed by atoms with van der Waals surface area (Å²) < 4.78 is 8.15. The average molecular weight is 393 g/mol. The molecule has 30 heavy (non-hydrogen) atoms. The molecule has 3 aromatic carbocycles. The fourth-order valence-corrected chi connectivity index (χ4v) is 4.64. The van der Waals surface area contributed by atoms with Gasteiger partial charge in [0.05, 0.1) is 35.4 Å². The molecule has 1 fully saturated rings. The van der Waals surface area contributed by atoms with Gasteiger partial charge in [0.1, 0.15) is 12.4 Å². The second kappa shape index (κ2) is 8.04. The van der Waals surface area contributed by atoms with Crippen LogP contribution in [-0.4, -0.2) is 9.55 Å². The fourth-order valence-electron chi connectivity index (χ4n) is 4.64. The number of hydrogen-bond acceptors (Lipinski definition) is 3. The molecule has 1 aliphatic rings. The van der Waals surface area contributed by atoms with E-state index in [0.29, 0.717) is 6.61 Å². The van der Waals surface area contributed by atoms with Crippen LogP contribution in [0, 0.1) is 17.2 Å². The maximum absolute atomic E-state index is 9.79. The summed E-state index contributed by atoms with van der Waals surface area (Å²) >= 11 is 0. The van der Waals surface area contributed by atoms with Crippen molar-refractivity contribution in [1.29, 1.82) is 5.26 Å². The van der Waals surface area contributed by atoms with Crippen LogP contribution in [0.15, 0.2) is 85.2 Å². The molecule has 3 unspecified atom stereocenters. The Labute approximate surface area is 176 Å². The molecule has 1 aliphatic carbocycles. The summed E-state index contributed by atoms with van der Waals surface area (Å²) in [6.07, 6.45) is 3.81. The van der Waals surface area contributed by atoms with Gasteiger partial charge in [0.15, 0.2) is 0 Å². The SMILES string of the molecule is N#CC1CCC(c2ccc(OCc3ccccc3)cc2)C1n1cnc2ccccc21. The van der Waals surface area contributed by atoms with E-state index in [2.05, 4.69) is 46.0 Å². The number of nitrogens with zero attached hydrogens (tertiary/aromatic N) is 3. The number of para-hydroxylation sites is 2. The Morgan fingerprint density at radius 1 is 0.933 bits per heavy atom. The third-order valence-corrected chi connectivity index (χ3v) is 6.14. The van der Waals surface area contributed by atoms with E-state index in [1.807, 2.05) is 54.9 Å². The van der Waals surface area contributed by atoms with Gasteiger partial charge in [-0.25, -0.2) is 4.98 Å². The second-order valence-corrected chi connectivity index (χ2v) is 7.89. The highest BCUT2D eigenvalue weighted by molar-refractivity contribution is 5.75. The summed E-state index contributed by atoms with van der Waals surface area (Å²) in [6.45, 7) is 0.559. The zero-order chi connectivity index (χ0) is 20.3. The molecule has 4 heteroatoms. The van der Waals surface area contributed by atoms with Crippen molar-refractivity contribution < 1.29 is 4.74 Å². The van der Waals surface area contributed by atoms with Gasteiger partial charge in [0.2, 0.25) is 0 Å². The zero-order valence-electron chi connectivity index (χ0n) is 16.7. The zero-order valence-corrected chi connectivity index (χ0v) is 16.7. The monoisotopic (exact) mass is 393 g/mol. The summed E-state index contributed by atoms with van der Waals surface area (Å²) in [7, 11) is 0. The topological polar surface area (TPSA) is 50.8 Å². The predicted molar refractivity (Wildman–Crippen MR) is 117 cm³/mol. The molecular weight excluding hydrogens is 370 g/mol. The van der Waals surface area contributed by atoms with Gasteiger partial charge in [-0.05, 0) is 48.2 Å². The van der Waals surface area contributed by atoms with Crippen molar-refractivity contribution in [2.75, 3.05) is 0 Å². The number of benzene rings is 3. The maximum Gasteiger partial charge on any atom is 0.119 e. The molecule has 1 heterocycles. The third kappa shape index (κ3) is 3.44. The minimum Gasteiger partial charge on any atom is -0.489 e. The highest BCUT2D eigenvalue weighted by Gasteiger charge is 2.39. The van der Waals surface area contributed by atoms with Crippen molar-refractivity contribution in [3.05, 3.63) is 96.3 Å². The number of nitriles is 1. The Morgan fingerprint density at radius 2 is 1.70 bits per heavy atom. The lowest BCUT2D eigenvalue weighted by atomic mass is 9.91. The third-order valence-electron chi connectivity index (χ3n) is 6.14. The van der Waals surface area contributed by atoms with E-state index in [1.54, 1.807) is 0 Å². The van der Waals surface area contributed by atoms with Crippen molar-refractivity contribution in [3.8, 4) is 11.8 Å². The lowest BCUT2D eigenvalue weighted by Gasteiger charge is -2.24. The summed E-state index contributed by atoms with van der Waals surface area (Å²) in [5, 5.41) is 9.79. The molecule has 0 aliphatic heterocycles. The van der Waals surface area contributed by atoms with Crippen LogP contribution in [0.2, 0.25) is 0 Å². The number of hydrogen-bond donors (Lipinski definition) is 0. The van der Waals surface area contributed by atoms with E-state index in [0.717, 1.165) is 35.2 Å². The summed E-state index contributed by atoms with van der Waals surface area (Å²) in [6, 6.07) is 29.4. The minimum absolute atomic E-state index is 0.0124. The molecule has 0 amide bonds. The van der Waals surface area contributed by atoms with Crippen LogP contribution < -0.4 is 4.74 Å². The van der Waals surface area contributed by atoms with E-state index >= 15 is 0 Å². The van der Waals surface area contributed by atoms with Crippen molar-refractivity contribution >= 4 is 11.0 Å². The molecule has 0 spiro atoms. The maximum atomic E-state index is 9.79. The Morgan fingerprint density at radius 3 is 2.50 bits per heavy atom. The van der Waals surface area contributed by atoms with Crippen molar-refractivity contribution in [2.45, 2.75) is 31.4 Å². The summed E-state index contributed by atoms with van der Waals surface area (Å²) in [4.78, 5) is 4.56. The molecule has 1 saturated carbocycles.